The Kier molecular flexibility index (Phi) is 16.2. The summed E-state index contributed by atoms with van der Waals surface area (Å²) in [4.78, 5) is 67.4. The molecule has 0 aromatic heterocycles. The van der Waals surface area contributed by atoms with Gasteiger partial charge in [0.1, 0.15) is 18.1 Å². The van der Waals surface area contributed by atoms with Gasteiger partial charge >= 0.3 is 0 Å². The second kappa shape index (κ2) is 20.2. The van der Waals surface area contributed by atoms with Crippen LogP contribution in [0.3, 0.4) is 0 Å². The summed E-state index contributed by atoms with van der Waals surface area (Å²) >= 11 is 0. The number of hydrogen-bond donors (Lipinski definition) is 7. The van der Waals surface area contributed by atoms with Crippen LogP contribution in [0.15, 0.2) is 60.7 Å². The van der Waals surface area contributed by atoms with Crippen molar-refractivity contribution >= 4 is 29.5 Å². The summed E-state index contributed by atoms with van der Waals surface area (Å²) in [6.45, 7) is 5.62. The van der Waals surface area contributed by atoms with Crippen LogP contribution in [0.1, 0.15) is 57.1 Å². The van der Waals surface area contributed by atoms with Gasteiger partial charge in [-0.3, -0.25) is 28.9 Å². The molecule has 268 valence electrons. The molecule has 0 aliphatic carbocycles. The van der Waals surface area contributed by atoms with Crippen LogP contribution in [-0.2, 0) is 36.8 Å². The zero-order valence-electron chi connectivity index (χ0n) is 28.7. The van der Waals surface area contributed by atoms with Crippen molar-refractivity contribution in [1.82, 2.24) is 26.2 Å². The number of hydrogen-bond acceptors (Lipinski definition) is 8. The molecule has 13 heteroatoms. The lowest BCUT2D eigenvalue weighted by molar-refractivity contribution is -0.134. The number of piperidine rings is 1. The van der Waals surface area contributed by atoms with Crippen LogP contribution < -0.4 is 38.5 Å². The predicted octanol–water partition coefficient (Wildman–Crippen LogP) is 0.104. The van der Waals surface area contributed by atoms with Crippen LogP contribution in [0.2, 0.25) is 0 Å². The summed E-state index contributed by atoms with van der Waals surface area (Å²) in [5.41, 5.74) is 19.0. The molecule has 13 nitrogen and oxygen atoms in total. The Morgan fingerprint density at radius 1 is 0.755 bits per heavy atom. The van der Waals surface area contributed by atoms with Crippen LogP contribution >= 0.6 is 0 Å². The van der Waals surface area contributed by atoms with Gasteiger partial charge in [-0.05, 0) is 62.1 Å². The molecule has 3 rings (SSSR count). The molecule has 1 aliphatic heterocycles. The molecule has 1 fully saturated rings. The van der Waals surface area contributed by atoms with E-state index in [0.29, 0.717) is 58.2 Å². The smallest absolute Gasteiger partial charge is 0.243 e. The fourth-order valence-corrected chi connectivity index (χ4v) is 5.89. The predicted molar refractivity (Wildman–Crippen MR) is 189 cm³/mol. The first-order valence-electron chi connectivity index (χ1n) is 17.2. The van der Waals surface area contributed by atoms with Gasteiger partial charge in [-0.1, -0.05) is 74.5 Å². The fourth-order valence-electron chi connectivity index (χ4n) is 5.89. The third-order valence-corrected chi connectivity index (χ3v) is 8.53. The Morgan fingerprint density at radius 3 is 1.84 bits per heavy atom. The van der Waals surface area contributed by atoms with Crippen molar-refractivity contribution in [2.75, 3.05) is 26.2 Å². The number of rotatable bonds is 19. The number of benzene rings is 2. The average Bonchev–Trinajstić information content (AvgIpc) is 3.07. The number of carbonyl (C=O) groups is 5. The van der Waals surface area contributed by atoms with E-state index >= 15 is 0 Å². The fraction of sp³-hybridized carbons (Fsp3) is 0.528. The molecule has 4 atom stereocenters. The maximum atomic E-state index is 13.8. The maximum Gasteiger partial charge on any atom is 0.243 e. The quantitative estimate of drug-likeness (QED) is 0.108. The Morgan fingerprint density at radius 2 is 1.29 bits per heavy atom. The normalized spacial score (nSPS) is 16.2. The van der Waals surface area contributed by atoms with Crippen LogP contribution in [0, 0.1) is 5.92 Å². The van der Waals surface area contributed by atoms with E-state index in [1.165, 1.54) is 0 Å². The van der Waals surface area contributed by atoms with E-state index < -0.39 is 47.8 Å². The Balaban J connectivity index is 1.71. The summed E-state index contributed by atoms with van der Waals surface area (Å²) in [6.07, 6.45) is 2.91. The number of amides is 5. The highest BCUT2D eigenvalue weighted by molar-refractivity contribution is 5.95. The zero-order valence-corrected chi connectivity index (χ0v) is 28.7. The van der Waals surface area contributed by atoms with Crippen molar-refractivity contribution in [2.45, 2.75) is 89.0 Å². The van der Waals surface area contributed by atoms with Crippen LogP contribution in [0.25, 0.3) is 0 Å². The summed E-state index contributed by atoms with van der Waals surface area (Å²) in [5.74, 6) is -2.21. The van der Waals surface area contributed by atoms with Gasteiger partial charge in [0.2, 0.25) is 29.5 Å². The van der Waals surface area contributed by atoms with Crippen molar-refractivity contribution in [2.24, 2.45) is 23.1 Å². The van der Waals surface area contributed by atoms with Crippen molar-refractivity contribution in [3.8, 4) is 0 Å². The van der Waals surface area contributed by atoms with Crippen molar-refractivity contribution in [3.05, 3.63) is 71.8 Å². The molecule has 5 amide bonds. The summed E-state index contributed by atoms with van der Waals surface area (Å²) < 4.78 is 0. The van der Waals surface area contributed by atoms with Crippen molar-refractivity contribution in [1.29, 1.82) is 0 Å². The molecule has 1 aliphatic rings. The lowest BCUT2D eigenvalue weighted by Gasteiger charge is -2.32. The molecule has 10 N–H and O–H groups in total. The minimum Gasteiger partial charge on any atom is -0.369 e. The van der Waals surface area contributed by atoms with Gasteiger partial charge in [0.25, 0.3) is 0 Å². The molecule has 2 aromatic carbocycles. The van der Waals surface area contributed by atoms with Gasteiger partial charge < -0.3 is 38.5 Å². The molecule has 2 aromatic rings. The number of primary amides is 1. The third kappa shape index (κ3) is 14.0. The Hall–Kier alpha value is -4.33. The molecule has 0 spiro atoms. The van der Waals surface area contributed by atoms with E-state index in [4.69, 9.17) is 17.2 Å². The first-order valence-corrected chi connectivity index (χ1v) is 17.2. The highest BCUT2D eigenvalue weighted by atomic mass is 16.2. The van der Waals surface area contributed by atoms with Gasteiger partial charge in [0.15, 0.2) is 0 Å². The van der Waals surface area contributed by atoms with E-state index in [-0.39, 0.29) is 30.8 Å². The standard InChI is InChI=1S/C36H54N8O5/c1-24(2)20-30(35(48)41-29(14-9-17-37)34(47)40-27-15-18-44(19-16-27)23-32(39)45)43-36(49)31(22-26-12-7-4-8-13-26)42-33(46)28(38)21-25-10-5-3-6-11-25/h3-8,10-13,24,27-31H,9,14-23,37-38H2,1-2H3,(H2,39,45)(H,40,47)(H,41,48)(H,42,46)(H,43,49)/t28-,29-,30-,31-/m1/s1. The monoisotopic (exact) mass is 678 g/mol. The van der Waals surface area contributed by atoms with Gasteiger partial charge in [-0.25, -0.2) is 0 Å². The zero-order chi connectivity index (χ0) is 35.8. The van der Waals surface area contributed by atoms with Gasteiger partial charge in [-0.15, -0.1) is 0 Å². The van der Waals surface area contributed by atoms with Gasteiger partial charge in [-0.2, -0.15) is 0 Å². The summed E-state index contributed by atoms with van der Waals surface area (Å²) in [7, 11) is 0. The molecule has 1 saturated heterocycles. The molecular weight excluding hydrogens is 624 g/mol. The topological polar surface area (TPSA) is 215 Å². The number of carbonyl (C=O) groups excluding carboxylic acids is 5. The largest absolute Gasteiger partial charge is 0.369 e. The molecule has 1 heterocycles. The minimum atomic E-state index is -1.00. The highest BCUT2D eigenvalue weighted by Crippen LogP contribution is 2.13. The van der Waals surface area contributed by atoms with E-state index in [1.54, 1.807) is 0 Å². The van der Waals surface area contributed by atoms with Crippen LogP contribution in [-0.4, -0.2) is 90.8 Å². The van der Waals surface area contributed by atoms with E-state index in [9.17, 15) is 24.0 Å². The molecule has 0 radical (unpaired) electrons. The Labute approximate surface area is 289 Å². The summed E-state index contributed by atoms with van der Waals surface area (Å²) in [5, 5.41) is 11.6. The first kappa shape index (κ1) is 39.1. The molecule has 0 bridgehead atoms. The number of nitrogens with two attached hydrogens (primary N) is 3. The van der Waals surface area contributed by atoms with Crippen LogP contribution in [0.4, 0.5) is 0 Å². The average molecular weight is 679 g/mol. The number of nitrogens with zero attached hydrogens (tertiary/aromatic N) is 1. The minimum absolute atomic E-state index is 0.0272. The lowest BCUT2D eigenvalue weighted by atomic mass is 9.99. The van der Waals surface area contributed by atoms with E-state index in [1.807, 2.05) is 79.4 Å². The van der Waals surface area contributed by atoms with Crippen LogP contribution in [0.5, 0.6) is 0 Å². The Bertz CT molecular complexity index is 1350. The maximum absolute atomic E-state index is 13.8. The second-order valence-corrected chi connectivity index (χ2v) is 13.3. The molecule has 49 heavy (non-hydrogen) atoms. The molecule has 0 saturated carbocycles. The third-order valence-electron chi connectivity index (χ3n) is 8.53. The highest BCUT2D eigenvalue weighted by Gasteiger charge is 2.32. The van der Waals surface area contributed by atoms with E-state index in [2.05, 4.69) is 21.3 Å². The summed E-state index contributed by atoms with van der Waals surface area (Å²) in [6, 6.07) is 14.8. The second-order valence-electron chi connectivity index (χ2n) is 13.3. The number of nitrogens with one attached hydrogen (secondary N) is 4. The lowest BCUT2D eigenvalue weighted by Crippen LogP contribution is -2.59. The SMILES string of the molecule is CC(C)C[C@@H](NC(=O)[C@@H](Cc1ccccc1)NC(=O)[C@H](N)Cc1ccccc1)C(=O)N[C@H](CCCN)C(=O)NC1CCN(CC(N)=O)CC1. The first-order chi connectivity index (χ1) is 23.4. The van der Waals surface area contributed by atoms with Crippen molar-refractivity contribution in [3.63, 3.8) is 0 Å². The molecule has 0 unspecified atom stereocenters. The molecular formula is C36H54N8O5. The van der Waals surface area contributed by atoms with Gasteiger partial charge in [0, 0.05) is 25.6 Å². The van der Waals surface area contributed by atoms with E-state index in [0.717, 1.165) is 11.1 Å². The van der Waals surface area contributed by atoms with Crippen molar-refractivity contribution < 1.29 is 24.0 Å². The van der Waals surface area contributed by atoms with Gasteiger partial charge in [0.05, 0.1) is 12.6 Å². The number of likely N-dealkylation sites (tertiary alicyclic amines) is 1.